The summed E-state index contributed by atoms with van der Waals surface area (Å²) in [7, 11) is 3.24. The molecule has 0 aliphatic carbocycles. The van der Waals surface area contributed by atoms with E-state index in [1.54, 1.807) is 20.3 Å². The van der Waals surface area contributed by atoms with E-state index in [1.165, 1.54) is 0 Å². The Balaban J connectivity index is 2.52. The molecule has 1 aromatic heterocycles. The molecule has 1 aromatic carbocycles. The standard InChI is InChI=1S/C15H17BrClNO3/c1-4-18-14(11-7-8-12(17)21-11)9-5-6-10(19-2)13(16)15(9)20-3/h5-8,14,18H,4H2,1-3H3. The van der Waals surface area contributed by atoms with Gasteiger partial charge in [-0.05, 0) is 58.3 Å². The van der Waals surface area contributed by atoms with Gasteiger partial charge in [0.15, 0.2) is 5.22 Å². The summed E-state index contributed by atoms with van der Waals surface area (Å²) >= 11 is 9.40. The number of nitrogens with one attached hydrogen (secondary N) is 1. The quantitative estimate of drug-likeness (QED) is 0.813. The van der Waals surface area contributed by atoms with Gasteiger partial charge in [0.25, 0.3) is 0 Å². The molecule has 0 amide bonds. The van der Waals surface area contributed by atoms with Gasteiger partial charge < -0.3 is 19.2 Å². The molecule has 4 nitrogen and oxygen atoms in total. The van der Waals surface area contributed by atoms with Crippen LogP contribution in [0.3, 0.4) is 0 Å². The largest absolute Gasteiger partial charge is 0.495 e. The minimum absolute atomic E-state index is 0.153. The van der Waals surface area contributed by atoms with Crippen molar-refractivity contribution in [3.8, 4) is 11.5 Å². The van der Waals surface area contributed by atoms with Gasteiger partial charge >= 0.3 is 0 Å². The molecule has 2 aromatic rings. The number of hydrogen-bond acceptors (Lipinski definition) is 4. The molecule has 0 fully saturated rings. The highest BCUT2D eigenvalue weighted by atomic mass is 79.9. The van der Waals surface area contributed by atoms with Crippen molar-refractivity contribution in [2.45, 2.75) is 13.0 Å². The Kier molecular flexibility index (Phi) is 5.56. The number of furan rings is 1. The van der Waals surface area contributed by atoms with Gasteiger partial charge in [-0.2, -0.15) is 0 Å². The van der Waals surface area contributed by atoms with E-state index < -0.39 is 0 Å². The molecule has 0 radical (unpaired) electrons. The summed E-state index contributed by atoms with van der Waals surface area (Å²) in [4.78, 5) is 0. The zero-order valence-electron chi connectivity index (χ0n) is 12.1. The molecule has 1 unspecified atom stereocenters. The van der Waals surface area contributed by atoms with Crippen LogP contribution in [-0.4, -0.2) is 20.8 Å². The first kappa shape index (κ1) is 16.2. The van der Waals surface area contributed by atoms with E-state index in [0.717, 1.165) is 22.3 Å². The third-order valence-electron chi connectivity index (χ3n) is 3.11. The summed E-state index contributed by atoms with van der Waals surface area (Å²) in [6.07, 6.45) is 0. The van der Waals surface area contributed by atoms with Crippen LogP contribution in [0.2, 0.25) is 5.22 Å². The normalized spacial score (nSPS) is 12.2. The van der Waals surface area contributed by atoms with Crippen molar-refractivity contribution in [2.75, 3.05) is 20.8 Å². The van der Waals surface area contributed by atoms with Crippen LogP contribution in [0.4, 0.5) is 0 Å². The molecule has 6 heteroatoms. The molecular formula is C15H17BrClNO3. The maximum atomic E-state index is 5.89. The fourth-order valence-electron chi connectivity index (χ4n) is 2.20. The first-order chi connectivity index (χ1) is 10.1. The predicted molar refractivity (Wildman–Crippen MR) is 86.5 cm³/mol. The van der Waals surface area contributed by atoms with E-state index >= 15 is 0 Å². The molecule has 1 N–H and O–H groups in total. The van der Waals surface area contributed by atoms with Crippen LogP contribution in [0.1, 0.15) is 24.3 Å². The Morgan fingerprint density at radius 3 is 2.52 bits per heavy atom. The van der Waals surface area contributed by atoms with Crippen molar-refractivity contribution in [1.82, 2.24) is 5.32 Å². The summed E-state index contributed by atoms with van der Waals surface area (Å²) in [5, 5.41) is 3.73. The zero-order chi connectivity index (χ0) is 15.4. The lowest BCUT2D eigenvalue weighted by atomic mass is 10.0. The number of methoxy groups -OCH3 is 2. The maximum Gasteiger partial charge on any atom is 0.193 e. The summed E-state index contributed by atoms with van der Waals surface area (Å²) < 4.78 is 17.2. The van der Waals surface area contributed by atoms with E-state index in [2.05, 4.69) is 21.2 Å². The molecule has 114 valence electrons. The lowest BCUT2D eigenvalue weighted by Crippen LogP contribution is -2.22. The minimum atomic E-state index is -0.153. The number of halogens is 2. The zero-order valence-corrected chi connectivity index (χ0v) is 14.4. The average molecular weight is 375 g/mol. The van der Waals surface area contributed by atoms with Crippen LogP contribution < -0.4 is 14.8 Å². The van der Waals surface area contributed by atoms with Gasteiger partial charge in [-0.15, -0.1) is 0 Å². The Labute approximate surface area is 137 Å². The molecular weight excluding hydrogens is 358 g/mol. The Bertz CT molecular complexity index is 615. The number of rotatable bonds is 6. The number of benzene rings is 1. The van der Waals surface area contributed by atoms with Crippen molar-refractivity contribution in [1.29, 1.82) is 0 Å². The fraction of sp³-hybridized carbons (Fsp3) is 0.333. The van der Waals surface area contributed by atoms with E-state index in [-0.39, 0.29) is 6.04 Å². The van der Waals surface area contributed by atoms with Gasteiger partial charge in [-0.3, -0.25) is 0 Å². The Morgan fingerprint density at radius 1 is 1.24 bits per heavy atom. The lowest BCUT2D eigenvalue weighted by Gasteiger charge is -2.20. The van der Waals surface area contributed by atoms with Crippen molar-refractivity contribution < 1.29 is 13.9 Å². The molecule has 1 atom stereocenters. The molecule has 0 saturated heterocycles. The monoisotopic (exact) mass is 373 g/mol. The number of hydrogen-bond donors (Lipinski definition) is 1. The van der Waals surface area contributed by atoms with Gasteiger partial charge in [0.05, 0.1) is 20.3 Å². The van der Waals surface area contributed by atoms with Crippen LogP contribution in [0.25, 0.3) is 0 Å². The van der Waals surface area contributed by atoms with Crippen LogP contribution >= 0.6 is 27.5 Å². The molecule has 1 heterocycles. The van der Waals surface area contributed by atoms with Gasteiger partial charge in [0, 0.05) is 5.56 Å². The fourth-order valence-corrected chi connectivity index (χ4v) is 3.03. The molecule has 21 heavy (non-hydrogen) atoms. The van der Waals surface area contributed by atoms with Gasteiger partial charge in [0.2, 0.25) is 0 Å². The smallest absolute Gasteiger partial charge is 0.193 e. The Morgan fingerprint density at radius 2 is 2.00 bits per heavy atom. The van der Waals surface area contributed by atoms with Crippen LogP contribution in [0.5, 0.6) is 11.5 Å². The van der Waals surface area contributed by atoms with Gasteiger partial charge in [-0.25, -0.2) is 0 Å². The molecule has 0 aliphatic rings. The highest BCUT2D eigenvalue weighted by Gasteiger charge is 2.23. The number of ether oxygens (including phenoxy) is 2. The maximum absolute atomic E-state index is 5.89. The molecule has 0 spiro atoms. The average Bonchev–Trinajstić information content (AvgIpc) is 2.91. The lowest BCUT2D eigenvalue weighted by molar-refractivity contribution is 0.377. The molecule has 0 saturated carbocycles. The predicted octanol–water partition coefficient (Wildman–Crippen LogP) is 4.41. The third-order valence-corrected chi connectivity index (χ3v) is 4.07. The highest BCUT2D eigenvalue weighted by molar-refractivity contribution is 9.10. The van der Waals surface area contributed by atoms with Crippen molar-refractivity contribution in [3.63, 3.8) is 0 Å². The summed E-state index contributed by atoms with van der Waals surface area (Å²) in [6.45, 7) is 2.80. The van der Waals surface area contributed by atoms with Gasteiger partial charge in [0.1, 0.15) is 21.7 Å². The third kappa shape index (κ3) is 3.36. The topological polar surface area (TPSA) is 43.6 Å². The van der Waals surface area contributed by atoms with E-state index in [1.807, 2.05) is 25.1 Å². The minimum Gasteiger partial charge on any atom is -0.495 e. The summed E-state index contributed by atoms with van der Waals surface area (Å²) in [6, 6.07) is 7.27. The van der Waals surface area contributed by atoms with E-state index in [0.29, 0.717) is 16.7 Å². The molecule has 0 aliphatic heterocycles. The Hall–Kier alpha value is -1.17. The summed E-state index contributed by atoms with van der Waals surface area (Å²) in [5.41, 5.74) is 0.943. The first-order valence-corrected chi connectivity index (χ1v) is 7.68. The first-order valence-electron chi connectivity index (χ1n) is 6.51. The second-order valence-electron chi connectivity index (χ2n) is 4.34. The van der Waals surface area contributed by atoms with Crippen molar-refractivity contribution in [3.05, 3.63) is 45.3 Å². The van der Waals surface area contributed by atoms with Crippen LogP contribution in [-0.2, 0) is 0 Å². The van der Waals surface area contributed by atoms with E-state index in [4.69, 9.17) is 25.5 Å². The van der Waals surface area contributed by atoms with E-state index in [9.17, 15) is 0 Å². The molecule has 0 bridgehead atoms. The second-order valence-corrected chi connectivity index (χ2v) is 5.50. The molecule has 2 rings (SSSR count). The van der Waals surface area contributed by atoms with Crippen molar-refractivity contribution >= 4 is 27.5 Å². The van der Waals surface area contributed by atoms with Crippen LogP contribution in [0, 0.1) is 0 Å². The highest BCUT2D eigenvalue weighted by Crippen LogP contribution is 2.41. The van der Waals surface area contributed by atoms with Crippen molar-refractivity contribution in [2.24, 2.45) is 0 Å². The SMILES string of the molecule is CCNC(c1ccc(Cl)o1)c1ccc(OC)c(Br)c1OC. The van der Waals surface area contributed by atoms with Gasteiger partial charge in [-0.1, -0.05) is 6.92 Å². The summed E-state index contributed by atoms with van der Waals surface area (Å²) in [5.74, 6) is 2.15. The van der Waals surface area contributed by atoms with Crippen LogP contribution in [0.15, 0.2) is 33.2 Å². The second kappa shape index (κ2) is 7.20.